The highest BCUT2D eigenvalue weighted by molar-refractivity contribution is 5.74. The summed E-state index contributed by atoms with van der Waals surface area (Å²) in [5, 5.41) is 2.49. The second kappa shape index (κ2) is 4.03. The SMILES string of the molecule is FC(F)(F)CCNc1nc2ccccc2o1. The molecular formula is C10H9F3N2O. The van der Waals surface area contributed by atoms with Crippen LogP contribution in [0.15, 0.2) is 28.7 Å². The molecule has 0 atom stereocenters. The number of fused-ring (bicyclic) bond motifs is 1. The van der Waals surface area contributed by atoms with Crippen LogP contribution in [0, 0.1) is 0 Å². The third kappa shape index (κ3) is 2.65. The summed E-state index contributed by atoms with van der Waals surface area (Å²) in [5.41, 5.74) is 1.18. The zero-order chi connectivity index (χ0) is 11.6. The molecule has 0 radical (unpaired) electrons. The van der Waals surface area contributed by atoms with E-state index in [4.69, 9.17) is 4.42 Å². The first kappa shape index (κ1) is 10.8. The van der Waals surface area contributed by atoms with Gasteiger partial charge in [0.2, 0.25) is 0 Å². The fraction of sp³-hybridized carbons (Fsp3) is 0.300. The van der Waals surface area contributed by atoms with Crippen LogP contribution in [0.3, 0.4) is 0 Å². The van der Waals surface area contributed by atoms with Gasteiger partial charge in [-0.2, -0.15) is 18.2 Å². The maximum atomic E-state index is 11.9. The molecule has 0 aliphatic rings. The van der Waals surface area contributed by atoms with E-state index >= 15 is 0 Å². The number of hydrogen-bond donors (Lipinski definition) is 1. The van der Waals surface area contributed by atoms with Crippen LogP contribution in [0.2, 0.25) is 0 Å². The molecular weight excluding hydrogens is 221 g/mol. The van der Waals surface area contributed by atoms with Crippen molar-refractivity contribution in [2.75, 3.05) is 11.9 Å². The molecule has 0 unspecified atom stereocenters. The number of rotatable bonds is 3. The Hall–Kier alpha value is -1.72. The van der Waals surface area contributed by atoms with E-state index in [9.17, 15) is 13.2 Å². The summed E-state index contributed by atoms with van der Waals surface area (Å²) in [6.07, 6.45) is -5.08. The summed E-state index contributed by atoms with van der Waals surface area (Å²) >= 11 is 0. The molecule has 0 saturated heterocycles. The smallest absolute Gasteiger partial charge is 0.390 e. The van der Waals surface area contributed by atoms with Gasteiger partial charge >= 0.3 is 6.18 Å². The Bertz CT molecular complexity index is 445. The van der Waals surface area contributed by atoms with Crippen LogP contribution in [0.1, 0.15) is 6.42 Å². The number of nitrogens with one attached hydrogen (secondary N) is 1. The van der Waals surface area contributed by atoms with E-state index in [-0.39, 0.29) is 12.6 Å². The number of aromatic nitrogens is 1. The van der Waals surface area contributed by atoms with Gasteiger partial charge in [0.05, 0.1) is 6.42 Å². The van der Waals surface area contributed by atoms with Crippen molar-refractivity contribution in [3.8, 4) is 0 Å². The van der Waals surface area contributed by atoms with Crippen LogP contribution in [0.5, 0.6) is 0 Å². The standard InChI is InChI=1S/C10H9F3N2O/c11-10(12,13)5-6-14-9-15-7-3-1-2-4-8(7)16-9/h1-4H,5-6H2,(H,14,15). The van der Waals surface area contributed by atoms with Crippen molar-refractivity contribution < 1.29 is 17.6 Å². The molecule has 0 fully saturated rings. The zero-order valence-corrected chi connectivity index (χ0v) is 8.21. The first-order valence-electron chi connectivity index (χ1n) is 4.71. The quantitative estimate of drug-likeness (QED) is 0.879. The van der Waals surface area contributed by atoms with Gasteiger partial charge in [0.1, 0.15) is 5.52 Å². The minimum Gasteiger partial charge on any atom is -0.424 e. The highest BCUT2D eigenvalue weighted by Gasteiger charge is 2.26. The molecule has 1 N–H and O–H groups in total. The maximum absolute atomic E-state index is 11.9. The van der Waals surface area contributed by atoms with Gasteiger partial charge in [-0.1, -0.05) is 12.1 Å². The first-order valence-corrected chi connectivity index (χ1v) is 4.71. The van der Waals surface area contributed by atoms with Crippen LogP contribution >= 0.6 is 0 Å². The number of hydrogen-bond acceptors (Lipinski definition) is 3. The molecule has 16 heavy (non-hydrogen) atoms. The summed E-state index contributed by atoms with van der Waals surface area (Å²) in [5.74, 6) is 0. The fourth-order valence-electron chi connectivity index (χ4n) is 1.26. The van der Waals surface area contributed by atoms with Gasteiger partial charge in [-0.25, -0.2) is 0 Å². The molecule has 86 valence electrons. The molecule has 0 saturated carbocycles. The second-order valence-corrected chi connectivity index (χ2v) is 3.28. The highest BCUT2D eigenvalue weighted by Crippen LogP contribution is 2.21. The molecule has 3 nitrogen and oxygen atoms in total. The minimum absolute atomic E-state index is 0.116. The Balaban J connectivity index is 2.00. The Morgan fingerprint density at radius 3 is 2.69 bits per heavy atom. The van der Waals surface area contributed by atoms with Gasteiger partial charge < -0.3 is 9.73 Å². The fourth-order valence-corrected chi connectivity index (χ4v) is 1.26. The topological polar surface area (TPSA) is 38.1 Å². The third-order valence-electron chi connectivity index (χ3n) is 1.98. The predicted octanol–water partition coefficient (Wildman–Crippen LogP) is 3.19. The lowest BCUT2D eigenvalue weighted by molar-refractivity contribution is -0.131. The van der Waals surface area contributed by atoms with Crippen LogP contribution in [0.4, 0.5) is 19.2 Å². The Labute approximate surface area is 89.3 Å². The van der Waals surface area contributed by atoms with Crippen LogP contribution < -0.4 is 5.32 Å². The lowest BCUT2D eigenvalue weighted by Gasteiger charge is -2.05. The molecule has 0 aliphatic heterocycles. The molecule has 1 heterocycles. The van der Waals surface area contributed by atoms with Crippen LogP contribution in [0.25, 0.3) is 11.1 Å². The maximum Gasteiger partial charge on any atom is 0.390 e. The zero-order valence-electron chi connectivity index (χ0n) is 8.21. The van der Waals surface area contributed by atoms with E-state index in [1.807, 2.05) is 0 Å². The van der Waals surface area contributed by atoms with Crippen molar-refractivity contribution in [3.05, 3.63) is 24.3 Å². The van der Waals surface area contributed by atoms with Gasteiger partial charge in [-0.15, -0.1) is 0 Å². The highest BCUT2D eigenvalue weighted by atomic mass is 19.4. The lowest BCUT2D eigenvalue weighted by atomic mass is 10.3. The molecule has 2 rings (SSSR count). The van der Waals surface area contributed by atoms with Gasteiger partial charge in [-0.05, 0) is 12.1 Å². The van der Waals surface area contributed by atoms with Crippen molar-refractivity contribution >= 4 is 17.1 Å². The van der Waals surface area contributed by atoms with E-state index < -0.39 is 12.6 Å². The average molecular weight is 230 g/mol. The number of benzene rings is 1. The van der Waals surface area contributed by atoms with Crippen molar-refractivity contribution in [2.24, 2.45) is 0 Å². The van der Waals surface area contributed by atoms with E-state index in [0.29, 0.717) is 11.1 Å². The lowest BCUT2D eigenvalue weighted by Crippen LogP contribution is -2.14. The molecule has 0 aliphatic carbocycles. The molecule has 0 bridgehead atoms. The summed E-state index contributed by atoms with van der Waals surface area (Å²) in [6, 6.07) is 7.10. The number of nitrogens with zero attached hydrogens (tertiary/aromatic N) is 1. The summed E-state index contributed by atoms with van der Waals surface area (Å²) < 4.78 is 40.8. The number of oxazole rings is 1. The summed E-state index contributed by atoms with van der Waals surface area (Å²) in [7, 11) is 0. The predicted molar refractivity (Wildman–Crippen MR) is 53.2 cm³/mol. The van der Waals surface area contributed by atoms with Crippen molar-refractivity contribution in [1.29, 1.82) is 0 Å². The van der Waals surface area contributed by atoms with E-state index in [1.165, 1.54) is 0 Å². The van der Waals surface area contributed by atoms with Gasteiger partial charge in [0.25, 0.3) is 6.01 Å². The number of halogens is 3. The molecule has 2 aromatic rings. The van der Waals surface area contributed by atoms with Gasteiger partial charge in [0.15, 0.2) is 5.58 Å². The summed E-state index contributed by atoms with van der Waals surface area (Å²) in [4.78, 5) is 3.99. The first-order chi connectivity index (χ1) is 7.54. The van der Waals surface area contributed by atoms with Crippen LogP contribution in [-0.2, 0) is 0 Å². The number of para-hydroxylation sites is 2. The van der Waals surface area contributed by atoms with E-state index in [0.717, 1.165) is 0 Å². The minimum atomic E-state index is -4.17. The molecule has 0 spiro atoms. The van der Waals surface area contributed by atoms with Crippen molar-refractivity contribution in [3.63, 3.8) is 0 Å². The van der Waals surface area contributed by atoms with Gasteiger partial charge in [0, 0.05) is 6.54 Å². The Morgan fingerprint density at radius 1 is 1.25 bits per heavy atom. The number of anilines is 1. The Kier molecular flexibility index (Phi) is 2.72. The van der Waals surface area contributed by atoms with Crippen molar-refractivity contribution in [1.82, 2.24) is 4.98 Å². The molecule has 0 amide bonds. The normalized spacial score (nSPS) is 11.9. The van der Waals surface area contributed by atoms with Crippen LogP contribution in [-0.4, -0.2) is 17.7 Å². The third-order valence-corrected chi connectivity index (χ3v) is 1.98. The molecule has 1 aromatic heterocycles. The Morgan fingerprint density at radius 2 is 2.00 bits per heavy atom. The van der Waals surface area contributed by atoms with Gasteiger partial charge in [-0.3, -0.25) is 0 Å². The van der Waals surface area contributed by atoms with E-state index in [2.05, 4.69) is 10.3 Å². The summed E-state index contributed by atoms with van der Waals surface area (Å²) in [6.45, 7) is -0.240. The molecule has 1 aromatic carbocycles. The monoisotopic (exact) mass is 230 g/mol. The average Bonchev–Trinajstić information content (AvgIpc) is 2.57. The van der Waals surface area contributed by atoms with Crippen molar-refractivity contribution in [2.45, 2.75) is 12.6 Å². The largest absolute Gasteiger partial charge is 0.424 e. The molecule has 6 heteroatoms. The van der Waals surface area contributed by atoms with E-state index in [1.54, 1.807) is 24.3 Å². The number of alkyl halides is 3. The second-order valence-electron chi connectivity index (χ2n) is 3.28.